The molecule has 1 aromatic carbocycles. The highest BCUT2D eigenvalue weighted by atomic mass is 19.1. The smallest absolute Gasteiger partial charge is 0.298 e. The molecule has 5 nitrogen and oxygen atoms in total. The van der Waals surface area contributed by atoms with Crippen LogP contribution in [0.5, 0.6) is 0 Å². The molecule has 0 spiro atoms. The minimum atomic E-state index is -0.950. The molecule has 7 heteroatoms. The number of nitrogens with zero attached hydrogens (tertiary/aromatic N) is 2. The second-order valence-electron chi connectivity index (χ2n) is 5.05. The summed E-state index contributed by atoms with van der Waals surface area (Å²) in [6.45, 7) is 1.36. The zero-order valence-electron chi connectivity index (χ0n) is 11.2. The molecule has 2 rings (SSSR count). The van der Waals surface area contributed by atoms with E-state index in [0.29, 0.717) is 12.6 Å². The Bertz CT molecular complexity index is 511. The summed E-state index contributed by atoms with van der Waals surface area (Å²) in [6.07, 6.45) is 3.17. The van der Waals surface area contributed by atoms with Crippen LogP contribution >= 0.6 is 0 Å². The molecule has 1 unspecified atom stereocenters. The SMILES string of the molecule is CN1CCCCC1CNc1c(F)cc(F)cc1[N+](=O)[O-]. The van der Waals surface area contributed by atoms with Gasteiger partial charge in [-0.15, -0.1) is 0 Å². The Labute approximate surface area is 115 Å². The predicted molar refractivity (Wildman–Crippen MR) is 71.8 cm³/mol. The Morgan fingerprint density at radius 2 is 2.20 bits per heavy atom. The summed E-state index contributed by atoms with van der Waals surface area (Å²) in [5.41, 5.74) is -0.809. The molecule has 1 aliphatic rings. The quantitative estimate of drug-likeness (QED) is 0.682. The number of halogens is 2. The summed E-state index contributed by atoms with van der Waals surface area (Å²) < 4.78 is 26.7. The molecular weight excluding hydrogens is 268 g/mol. The number of hydrogen-bond donors (Lipinski definition) is 1. The Morgan fingerprint density at radius 3 is 2.85 bits per heavy atom. The molecule has 1 heterocycles. The molecule has 110 valence electrons. The van der Waals surface area contributed by atoms with Gasteiger partial charge in [0, 0.05) is 18.7 Å². The maximum atomic E-state index is 13.7. The Balaban J connectivity index is 2.14. The van der Waals surface area contributed by atoms with E-state index >= 15 is 0 Å². The molecule has 0 aromatic heterocycles. The van der Waals surface area contributed by atoms with Crippen molar-refractivity contribution >= 4 is 11.4 Å². The first kappa shape index (κ1) is 14.6. The van der Waals surface area contributed by atoms with Crippen LogP contribution in [-0.4, -0.2) is 36.0 Å². The van der Waals surface area contributed by atoms with Crippen molar-refractivity contribution in [2.45, 2.75) is 25.3 Å². The third-order valence-corrected chi connectivity index (χ3v) is 3.67. The van der Waals surface area contributed by atoms with Crippen LogP contribution in [0.1, 0.15) is 19.3 Å². The summed E-state index contributed by atoms with van der Waals surface area (Å²) in [6, 6.07) is 1.59. The molecule has 0 aliphatic carbocycles. The van der Waals surface area contributed by atoms with Gasteiger partial charge < -0.3 is 10.2 Å². The number of rotatable bonds is 4. The first-order chi connectivity index (χ1) is 9.49. The summed E-state index contributed by atoms with van der Waals surface area (Å²) in [7, 11) is 1.97. The molecule has 1 aromatic rings. The van der Waals surface area contributed by atoms with Crippen LogP contribution in [0.4, 0.5) is 20.2 Å². The van der Waals surface area contributed by atoms with Gasteiger partial charge in [0.2, 0.25) is 0 Å². The molecule has 1 aliphatic heterocycles. The highest BCUT2D eigenvalue weighted by Crippen LogP contribution is 2.29. The second-order valence-corrected chi connectivity index (χ2v) is 5.05. The van der Waals surface area contributed by atoms with Gasteiger partial charge in [0.05, 0.1) is 11.0 Å². The number of likely N-dealkylation sites (tertiary alicyclic amines) is 1. The average Bonchev–Trinajstić information content (AvgIpc) is 2.38. The van der Waals surface area contributed by atoms with Crippen LogP contribution in [-0.2, 0) is 0 Å². The molecule has 0 bridgehead atoms. The van der Waals surface area contributed by atoms with E-state index in [4.69, 9.17) is 0 Å². The summed E-state index contributed by atoms with van der Waals surface area (Å²) >= 11 is 0. The van der Waals surface area contributed by atoms with Crippen molar-refractivity contribution in [1.82, 2.24) is 4.90 Å². The van der Waals surface area contributed by atoms with Crippen LogP contribution in [0.3, 0.4) is 0 Å². The number of hydrogen-bond acceptors (Lipinski definition) is 4. The van der Waals surface area contributed by atoms with Crippen LogP contribution in [0.25, 0.3) is 0 Å². The van der Waals surface area contributed by atoms with E-state index < -0.39 is 22.2 Å². The van der Waals surface area contributed by atoms with Crippen molar-refractivity contribution in [3.63, 3.8) is 0 Å². The zero-order chi connectivity index (χ0) is 14.7. The highest BCUT2D eigenvalue weighted by molar-refractivity contribution is 5.62. The number of nitro groups is 1. The minimum absolute atomic E-state index is 0.202. The van der Waals surface area contributed by atoms with E-state index in [1.54, 1.807) is 0 Å². The lowest BCUT2D eigenvalue weighted by Gasteiger charge is -2.32. The normalized spacial score (nSPS) is 19.9. The van der Waals surface area contributed by atoms with Gasteiger partial charge in [0.1, 0.15) is 11.5 Å². The maximum absolute atomic E-state index is 13.7. The molecule has 20 heavy (non-hydrogen) atoms. The number of nitro benzene ring substituents is 1. The predicted octanol–water partition coefficient (Wildman–Crippen LogP) is 2.77. The average molecular weight is 285 g/mol. The van der Waals surface area contributed by atoms with E-state index in [0.717, 1.165) is 31.9 Å². The van der Waals surface area contributed by atoms with Crippen LogP contribution in [0, 0.1) is 21.7 Å². The molecule has 0 radical (unpaired) electrons. The topological polar surface area (TPSA) is 58.4 Å². The standard InChI is InChI=1S/C13H17F2N3O2/c1-17-5-3-2-4-10(17)8-16-13-11(15)6-9(14)7-12(13)18(19)20/h6-7,10,16H,2-5,8H2,1H3. The van der Waals surface area contributed by atoms with Crippen LogP contribution < -0.4 is 5.32 Å². The number of likely N-dealkylation sites (N-methyl/N-ethyl adjacent to an activating group) is 1. The van der Waals surface area contributed by atoms with Crippen molar-refractivity contribution in [2.24, 2.45) is 0 Å². The molecule has 0 amide bonds. The largest absolute Gasteiger partial charge is 0.376 e. The lowest BCUT2D eigenvalue weighted by atomic mass is 10.0. The monoisotopic (exact) mass is 285 g/mol. The van der Waals surface area contributed by atoms with Crippen LogP contribution in [0.2, 0.25) is 0 Å². The lowest BCUT2D eigenvalue weighted by molar-refractivity contribution is -0.384. The van der Waals surface area contributed by atoms with E-state index in [-0.39, 0.29) is 11.7 Å². The van der Waals surface area contributed by atoms with Crippen molar-refractivity contribution in [3.05, 3.63) is 33.9 Å². The third-order valence-electron chi connectivity index (χ3n) is 3.67. The van der Waals surface area contributed by atoms with Gasteiger partial charge in [0.25, 0.3) is 5.69 Å². The van der Waals surface area contributed by atoms with Crippen molar-refractivity contribution in [1.29, 1.82) is 0 Å². The van der Waals surface area contributed by atoms with Crippen molar-refractivity contribution in [3.8, 4) is 0 Å². The molecule has 1 N–H and O–H groups in total. The van der Waals surface area contributed by atoms with Gasteiger partial charge in [0.15, 0.2) is 5.82 Å². The summed E-state index contributed by atoms with van der Waals surface area (Å²) in [5, 5.41) is 13.6. The minimum Gasteiger partial charge on any atom is -0.376 e. The first-order valence-electron chi connectivity index (χ1n) is 6.56. The van der Waals surface area contributed by atoms with Crippen molar-refractivity contribution in [2.75, 3.05) is 25.5 Å². The van der Waals surface area contributed by atoms with Crippen LogP contribution in [0.15, 0.2) is 12.1 Å². The zero-order valence-corrected chi connectivity index (χ0v) is 11.2. The highest BCUT2D eigenvalue weighted by Gasteiger charge is 2.23. The Hall–Kier alpha value is -1.76. The molecular formula is C13H17F2N3O2. The number of piperidine rings is 1. The Kier molecular flexibility index (Phi) is 4.49. The molecule has 0 saturated carbocycles. The van der Waals surface area contributed by atoms with Gasteiger partial charge in [-0.25, -0.2) is 8.78 Å². The maximum Gasteiger partial charge on any atom is 0.298 e. The van der Waals surface area contributed by atoms with Crippen molar-refractivity contribution < 1.29 is 13.7 Å². The third kappa shape index (κ3) is 3.22. The number of nitrogens with one attached hydrogen (secondary N) is 1. The summed E-state index contributed by atoms with van der Waals surface area (Å²) in [4.78, 5) is 12.2. The number of anilines is 1. The van der Waals surface area contributed by atoms with Gasteiger partial charge in [-0.3, -0.25) is 10.1 Å². The Morgan fingerprint density at radius 1 is 1.45 bits per heavy atom. The lowest BCUT2D eigenvalue weighted by Crippen LogP contribution is -2.40. The van der Waals surface area contributed by atoms with E-state index in [1.807, 2.05) is 7.05 Å². The molecule has 1 saturated heterocycles. The molecule has 1 atom stereocenters. The van der Waals surface area contributed by atoms with E-state index in [2.05, 4.69) is 10.2 Å². The fourth-order valence-corrected chi connectivity index (χ4v) is 2.50. The first-order valence-corrected chi connectivity index (χ1v) is 6.56. The fourth-order valence-electron chi connectivity index (χ4n) is 2.50. The number of benzene rings is 1. The summed E-state index contributed by atoms with van der Waals surface area (Å²) in [5.74, 6) is -1.88. The van der Waals surface area contributed by atoms with Gasteiger partial charge >= 0.3 is 0 Å². The fraction of sp³-hybridized carbons (Fsp3) is 0.538. The van der Waals surface area contributed by atoms with Gasteiger partial charge in [-0.2, -0.15) is 0 Å². The van der Waals surface area contributed by atoms with E-state index in [1.165, 1.54) is 0 Å². The molecule has 1 fully saturated rings. The van der Waals surface area contributed by atoms with E-state index in [9.17, 15) is 18.9 Å². The van der Waals surface area contributed by atoms with Gasteiger partial charge in [-0.05, 0) is 26.4 Å². The van der Waals surface area contributed by atoms with Gasteiger partial charge in [-0.1, -0.05) is 6.42 Å². The second kappa shape index (κ2) is 6.13.